The summed E-state index contributed by atoms with van der Waals surface area (Å²) < 4.78 is 6.40. The Balaban J connectivity index is 1.81. The van der Waals surface area contributed by atoms with E-state index in [1.54, 1.807) is 30.3 Å². The molecular weight excluding hydrogens is 388 g/mol. The number of aliphatic hydroxyl groups is 1. The van der Waals surface area contributed by atoms with Crippen LogP contribution < -0.4 is 4.74 Å². The van der Waals surface area contributed by atoms with E-state index in [2.05, 4.69) is 11.1 Å². The average Bonchev–Trinajstić information content (AvgIpc) is 3.14. The number of halogens is 1. The molecule has 2 aliphatic rings. The highest BCUT2D eigenvalue weighted by molar-refractivity contribution is 6.30. The molecule has 2 heterocycles. The molecule has 1 N–H and O–H groups in total. The summed E-state index contributed by atoms with van der Waals surface area (Å²) in [7, 11) is 0. The van der Waals surface area contributed by atoms with Crippen LogP contribution in [-0.4, -0.2) is 15.9 Å². The largest absolute Gasteiger partial charge is 0.476 e. The van der Waals surface area contributed by atoms with Crippen LogP contribution in [-0.2, 0) is 16.0 Å². The van der Waals surface area contributed by atoms with Crippen molar-refractivity contribution in [3.8, 4) is 11.8 Å². The third-order valence-corrected chi connectivity index (χ3v) is 6.11. The van der Waals surface area contributed by atoms with Gasteiger partial charge >= 0.3 is 0 Å². The molecule has 1 saturated carbocycles. The van der Waals surface area contributed by atoms with Crippen molar-refractivity contribution in [1.29, 1.82) is 5.26 Å². The van der Waals surface area contributed by atoms with Crippen LogP contribution in [0.3, 0.4) is 0 Å². The molecule has 3 unspecified atom stereocenters. The summed E-state index contributed by atoms with van der Waals surface area (Å²) in [4.78, 5) is 17.5. The lowest BCUT2D eigenvalue weighted by Gasteiger charge is -2.38. The minimum Gasteiger partial charge on any atom is -0.476 e. The predicted octanol–water partition coefficient (Wildman–Crippen LogP) is 3.84. The van der Waals surface area contributed by atoms with Gasteiger partial charge in [0.15, 0.2) is 11.4 Å². The third kappa shape index (κ3) is 2.24. The first-order chi connectivity index (χ1) is 14.0. The fourth-order valence-corrected chi connectivity index (χ4v) is 4.78. The number of nitriles is 1. The van der Waals surface area contributed by atoms with Crippen molar-refractivity contribution in [3.63, 3.8) is 0 Å². The number of Topliss-reactive ketones (excluding diaryl/α,β-unsaturated/α-hetero) is 1. The Labute approximate surface area is 172 Å². The molecule has 29 heavy (non-hydrogen) atoms. The van der Waals surface area contributed by atoms with E-state index in [1.807, 2.05) is 30.3 Å². The van der Waals surface area contributed by atoms with Gasteiger partial charge in [-0.25, -0.2) is 0 Å². The van der Waals surface area contributed by atoms with E-state index in [-0.39, 0.29) is 17.9 Å². The molecule has 6 heteroatoms. The second-order valence-electron chi connectivity index (χ2n) is 7.33. The molecule has 1 fully saturated rings. The summed E-state index contributed by atoms with van der Waals surface area (Å²) in [5, 5.41) is 21.4. The van der Waals surface area contributed by atoms with Crippen molar-refractivity contribution in [2.75, 3.05) is 0 Å². The molecule has 5 rings (SSSR count). The molecule has 1 aliphatic carbocycles. The van der Waals surface area contributed by atoms with Gasteiger partial charge in [0, 0.05) is 24.6 Å². The van der Waals surface area contributed by atoms with Gasteiger partial charge in [-0.1, -0.05) is 54.1 Å². The van der Waals surface area contributed by atoms with E-state index in [4.69, 9.17) is 21.6 Å². The van der Waals surface area contributed by atoms with E-state index >= 15 is 0 Å². The standard InChI is InChI=1S/C23H15ClN2O3/c24-17-10-19-21(26-13-17)22(28)20(27)11-18(15-4-2-1-3-5-15)23(22,29-19)16-8-6-14(12-25)7-9-16/h1-10,13,18,28H,11H2. The Morgan fingerprint density at radius 2 is 1.90 bits per heavy atom. The highest BCUT2D eigenvalue weighted by atomic mass is 35.5. The van der Waals surface area contributed by atoms with Crippen LogP contribution in [0.25, 0.3) is 0 Å². The van der Waals surface area contributed by atoms with Gasteiger partial charge in [-0.3, -0.25) is 9.78 Å². The first-order valence-electron chi connectivity index (χ1n) is 9.17. The van der Waals surface area contributed by atoms with Crippen LogP contribution in [0.5, 0.6) is 5.75 Å². The van der Waals surface area contributed by atoms with Gasteiger partial charge in [-0.15, -0.1) is 0 Å². The summed E-state index contributed by atoms with van der Waals surface area (Å²) in [5.74, 6) is -0.510. The van der Waals surface area contributed by atoms with Gasteiger partial charge < -0.3 is 9.84 Å². The lowest BCUT2D eigenvalue weighted by Crippen LogP contribution is -2.51. The third-order valence-electron chi connectivity index (χ3n) is 5.90. The number of hydrogen-bond donors (Lipinski definition) is 1. The Hall–Kier alpha value is -3.20. The van der Waals surface area contributed by atoms with Crippen LogP contribution >= 0.6 is 11.6 Å². The van der Waals surface area contributed by atoms with Crippen LogP contribution in [0.2, 0.25) is 5.02 Å². The quantitative estimate of drug-likeness (QED) is 0.704. The predicted molar refractivity (Wildman–Crippen MR) is 105 cm³/mol. The van der Waals surface area contributed by atoms with Crippen molar-refractivity contribution in [2.24, 2.45) is 0 Å². The zero-order valence-corrected chi connectivity index (χ0v) is 15.9. The Morgan fingerprint density at radius 3 is 2.59 bits per heavy atom. The number of aromatic nitrogens is 1. The smallest absolute Gasteiger partial charge is 0.213 e. The maximum absolute atomic E-state index is 13.3. The normalized spacial score (nSPS) is 27.1. The number of benzene rings is 2. The van der Waals surface area contributed by atoms with E-state index in [0.717, 1.165) is 5.56 Å². The summed E-state index contributed by atoms with van der Waals surface area (Å²) in [6.07, 6.45) is 1.50. The first kappa shape index (κ1) is 17.9. The first-order valence-corrected chi connectivity index (χ1v) is 9.55. The summed E-state index contributed by atoms with van der Waals surface area (Å²) in [6.45, 7) is 0. The highest BCUT2D eigenvalue weighted by Crippen LogP contribution is 2.64. The van der Waals surface area contributed by atoms with Gasteiger partial charge in [0.25, 0.3) is 0 Å². The molecule has 5 nitrogen and oxygen atoms in total. The molecule has 1 aliphatic heterocycles. The molecule has 0 spiro atoms. The Morgan fingerprint density at radius 1 is 1.17 bits per heavy atom. The number of carbonyl (C=O) groups is 1. The lowest BCUT2D eigenvalue weighted by atomic mass is 9.72. The Bertz CT molecular complexity index is 1170. The summed E-state index contributed by atoms with van der Waals surface area (Å²) >= 11 is 6.10. The molecule has 0 bridgehead atoms. The number of rotatable bonds is 2. The number of carbonyl (C=O) groups excluding carboxylic acids is 1. The molecule has 1 aromatic heterocycles. The number of hydrogen-bond acceptors (Lipinski definition) is 5. The van der Waals surface area contributed by atoms with Crippen molar-refractivity contribution < 1.29 is 14.6 Å². The summed E-state index contributed by atoms with van der Waals surface area (Å²) in [5.41, 5.74) is -1.23. The second kappa shape index (κ2) is 6.15. The maximum Gasteiger partial charge on any atom is 0.213 e. The number of fused-ring (bicyclic) bond motifs is 3. The average molecular weight is 403 g/mol. The minimum absolute atomic E-state index is 0.101. The summed E-state index contributed by atoms with van der Waals surface area (Å²) in [6, 6.07) is 19.9. The molecule has 3 atom stereocenters. The van der Waals surface area contributed by atoms with Crippen molar-refractivity contribution in [3.05, 3.63) is 94.3 Å². The Kier molecular flexibility index (Phi) is 3.79. The van der Waals surface area contributed by atoms with Gasteiger partial charge in [0.1, 0.15) is 11.4 Å². The molecular formula is C23H15ClN2O3. The topological polar surface area (TPSA) is 83.2 Å². The van der Waals surface area contributed by atoms with Crippen molar-refractivity contribution in [1.82, 2.24) is 4.98 Å². The monoisotopic (exact) mass is 402 g/mol. The molecule has 2 aromatic carbocycles. The lowest BCUT2D eigenvalue weighted by molar-refractivity contribution is -0.151. The van der Waals surface area contributed by atoms with Crippen LogP contribution in [0, 0.1) is 11.3 Å². The van der Waals surface area contributed by atoms with E-state index < -0.39 is 17.1 Å². The fraction of sp³-hybridized carbons (Fsp3) is 0.174. The van der Waals surface area contributed by atoms with E-state index in [0.29, 0.717) is 21.9 Å². The van der Waals surface area contributed by atoms with Crippen LogP contribution in [0.1, 0.15) is 34.7 Å². The van der Waals surface area contributed by atoms with E-state index in [1.165, 1.54) is 6.20 Å². The minimum atomic E-state index is -1.96. The molecule has 0 saturated heterocycles. The van der Waals surface area contributed by atoms with Crippen molar-refractivity contribution >= 4 is 17.4 Å². The number of nitrogens with zero attached hydrogens (tertiary/aromatic N) is 2. The van der Waals surface area contributed by atoms with Crippen molar-refractivity contribution in [2.45, 2.75) is 23.5 Å². The van der Waals surface area contributed by atoms with Gasteiger partial charge in [0.05, 0.1) is 16.7 Å². The highest BCUT2D eigenvalue weighted by Gasteiger charge is 2.73. The van der Waals surface area contributed by atoms with E-state index in [9.17, 15) is 9.90 Å². The molecule has 142 valence electrons. The number of pyridine rings is 1. The zero-order chi connectivity index (χ0) is 20.2. The zero-order valence-electron chi connectivity index (χ0n) is 15.2. The van der Waals surface area contributed by atoms with Gasteiger partial charge in [-0.05, 0) is 23.3 Å². The van der Waals surface area contributed by atoms with Crippen LogP contribution in [0.4, 0.5) is 0 Å². The van der Waals surface area contributed by atoms with Crippen LogP contribution in [0.15, 0.2) is 66.9 Å². The fourth-order valence-electron chi connectivity index (χ4n) is 4.63. The van der Waals surface area contributed by atoms with Gasteiger partial charge in [-0.2, -0.15) is 5.26 Å². The number of ether oxygens (including phenoxy) is 1. The molecule has 0 amide bonds. The second-order valence-corrected chi connectivity index (χ2v) is 7.76. The molecule has 3 aromatic rings. The molecule has 0 radical (unpaired) electrons. The van der Waals surface area contributed by atoms with Gasteiger partial charge in [0.2, 0.25) is 5.60 Å². The SMILES string of the molecule is N#Cc1ccc(C23Oc4cc(Cl)cnc4C2(O)C(=O)CC3c2ccccc2)cc1. The number of ketones is 1. The maximum atomic E-state index is 13.3.